The Morgan fingerprint density at radius 2 is 1.77 bits per heavy atom. The number of hydrogen-bond acceptors (Lipinski definition) is 1. The number of nitrogens with zero attached hydrogens (tertiary/aromatic N) is 1. The molecule has 2 aromatic rings. The van der Waals surface area contributed by atoms with E-state index in [0.29, 0.717) is 12.0 Å². The smallest absolute Gasteiger partial charge is 0.0622 e. The van der Waals surface area contributed by atoms with Crippen LogP contribution in [0.4, 0.5) is 5.69 Å². The van der Waals surface area contributed by atoms with Gasteiger partial charge < -0.3 is 4.90 Å². The summed E-state index contributed by atoms with van der Waals surface area (Å²) in [5, 5.41) is 0.777. The van der Waals surface area contributed by atoms with Gasteiger partial charge in [-0.3, -0.25) is 0 Å². The van der Waals surface area contributed by atoms with E-state index in [9.17, 15) is 0 Å². The first kappa shape index (κ1) is 14.9. The summed E-state index contributed by atoms with van der Waals surface area (Å²) in [6, 6.07) is 17.3. The van der Waals surface area contributed by atoms with Crippen molar-refractivity contribution in [3.05, 3.63) is 89.5 Å². The summed E-state index contributed by atoms with van der Waals surface area (Å²) >= 11 is 6.00. The van der Waals surface area contributed by atoms with E-state index in [1.807, 2.05) is 24.3 Å². The highest BCUT2D eigenvalue weighted by Gasteiger charge is 2.38. The van der Waals surface area contributed by atoms with E-state index in [0.717, 1.165) is 11.6 Å². The fraction of sp³-hybridized carbons (Fsp3) is 0.200. The number of anilines is 1. The normalized spacial score (nSPS) is 20.9. The highest BCUT2D eigenvalue weighted by molar-refractivity contribution is 6.30. The van der Waals surface area contributed by atoms with E-state index in [1.165, 1.54) is 16.8 Å². The van der Waals surface area contributed by atoms with Crippen molar-refractivity contribution in [3.63, 3.8) is 0 Å². The molecule has 2 heteroatoms. The van der Waals surface area contributed by atoms with E-state index >= 15 is 0 Å². The molecule has 1 fully saturated rings. The molecule has 0 spiro atoms. The van der Waals surface area contributed by atoms with Crippen molar-refractivity contribution in [2.75, 3.05) is 11.4 Å². The number of allylic oxidation sites excluding steroid dienone is 2. The second-order valence-electron chi connectivity index (χ2n) is 5.77. The third-order valence-electron chi connectivity index (χ3n) is 4.22. The van der Waals surface area contributed by atoms with E-state index in [-0.39, 0.29) is 0 Å². The van der Waals surface area contributed by atoms with Crippen LogP contribution in [0, 0.1) is 12.8 Å². The fourth-order valence-corrected chi connectivity index (χ4v) is 3.14. The number of rotatable bonds is 4. The topological polar surface area (TPSA) is 3.24 Å². The van der Waals surface area contributed by atoms with Crippen molar-refractivity contribution in [1.29, 1.82) is 0 Å². The van der Waals surface area contributed by atoms with Gasteiger partial charge in [-0.2, -0.15) is 0 Å². The van der Waals surface area contributed by atoms with Crippen LogP contribution in [0.1, 0.15) is 17.2 Å². The summed E-state index contributed by atoms with van der Waals surface area (Å²) in [6.07, 6.45) is 6.14. The van der Waals surface area contributed by atoms with Crippen molar-refractivity contribution in [3.8, 4) is 0 Å². The minimum atomic E-state index is 0.373. The molecule has 0 saturated carbocycles. The minimum Gasteiger partial charge on any atom is -0.363 e. The average Bonchev–Trinajstić information content (AvgIpc) is 2.50. The number of aryl methyl sites for hydroxylation is 1. The van der Waals surface area contributed by atoms with Crippen LogP contribution in [0.3, 0.4) is 0 Å². The zero-order valence-corrected chi connectivity index (χ0v) is 13.5. The molecule has 112 valence electrons. The van der Waals surface area contributed by atoms with Crippen LogP contribution in [0.15, 0.2) is 73.3 Å². The lowest BCUT2D eigenvalue weighted by Crippen LogP contribution is -2.49. The largest absolute Gasteiger partial charge is 0.363 e. The first-order chi connectivity index (χ1) is 10.7. The monoisotopic (exact) mass is 309 g/mol. The number of halogens is 1. The summed E-state index contributed by atoms with van der Waals surface area (Å²) < 4.78 is 0. The minimum absolute atomic E-state index is 0.373. The molecule has 1 heterocycles. The predicted octanol–water partition coefficient (Wildman–Crippen LogP) is 5.57. The number of benzene rings is 2. The molecule has 3 rings (SSSR count). The Bertz CT molecular complexity index is 670. The van der Waals surface area contributed by atoms with Crippen LogP contribution >= 0.6 is 11.6 Å². The highest BCUT2D eigenvalue weighted by atomic mass is 35.5. The van der Waals surface area contributed by atoms with Crippen LogP contribution in [-0.2, 0) is 0 Å². The third-order valence-corrected chi connectivity index (χ3v) is 4.47. The molecule has 0 unspecified atom stereocenters. The fourth-order valence-electron chi connectivity index (χ4n) is 3.01. The summed E-state index contributed by atoms with van der Waals surface area (Å²) in [5.41, 5.74) is 3.86. The molecule has 0 aromatic heterocycles. The van der Waals surface area contributed by atoms with Gasteiger partial charge in [0.2, 0.25) is 0 Å². The SMILES string of the molecule is C=C/C=C/[C@@H]1CN(c2ccc(Cl)cc2)[C@H]1c1ccc(C)cc1. The van der Waals surface area contributed by atoms with Crippen LogP contribution in [-0.4, -0.2) is 6.54 Å². The highest BCUT2D eigenvalue weighted by Crippen LogP contribution is 2.43. The van der Waals surface area contributed by atoms with Gasteiger partial charge in [0, 0.05) is 23.2 Å². The van der Waals surface area contributed by atoms with E-state index < -0.39 is 0 Å². The number of hydrogen-bond donors (Lipinski definition) is 0. The van der Waals surface area contributed by atoms with Crippen LogP contribution < -0.4 is 4.90 Å². The first-order valence-corrected chi connectivity index (χ1v) is 7.95. The first-order valence-electron chi connectivity index (χ1n) is 7.57. The van der Waals surface area contributed by atoms with Gasteiger partial charge in [0.05, 0.1) is 6.04 Å². The van der Waals surface area contributed by atoms with E-state index in [4.69, 9.17) is 11.6 Å². The van der Waals surface area contributed by atoms with Crippen molar-refractivity contribution in [1.82, 2.24) is 0 Å². The average molecular weight is 310 g/mol. The molecular weight excluding hydrogens is 290 g/mol. The van der Waals surface area contributed by atoms with Gasteiger partial charge in [-0.25, -0.2) is 0 Å². The molecule has 1 nitrogen and oxygen atoms in total. The predicted molar refractivity (Wildman–Crippen MR) is 95.5 cm³/mol. The standard InChI is InChI=1S/C20H20ClN/c1-3-4-5-17-14-22(19-12-10-18(21)11-13-19)20(17)16-8-6-15(2)7-9-16/h3-13,17,20H,1,14H2,2H3/b5-4+/t17-,20+/m1/s1. The Morgan fingerprint density at radius 1 is 1.09 bits per heavy atom. The molecule has 1 aliphatic rings. The van der Waals surface area contributed by atoms with Crippen molar-refractivity contribution in [2.24, 2.45) is 5.92 Å². The molecule has 1 saturated heterocycles. The van der Waals surface area contributed by atoms with Gasteiger partial charge in [0.15, 0.2) is 0 Å². The van der Waals surface area contributed by atoms with Gasteiger partial charge in [0.25, 0.3) is 0 Å². The maximum Gasteiger partial charge on any atom is 0.0622 e. The molecule has 0 aliphatic carbocycles. The quantitative estimate of drug-likeness (QED) is 0.667. The Hall–Kier alpha value is -1.99. The maximum atomic E-state index is 6.00. The Balaban J connectivity index is 1.90. The van der Waals surface area contributed by atoms with Crippen LogP contribution in [0.5, 0.6) is 0 Å². The van der Waals surface area contributed by atoms with Gasteiger partial charge in [-0.1, -0.05) is 66.2 Å². The van der Waals surface area contributed by atoms with Crippen molar-refractivity contribution >= 4 is 17.3 Å². The van der Waals surface area contributed by atoms with E-state index in [1.54, 1.807) is 0 Å². The van der Waals surface area contributed by atoms with Gasteiger partial charge in [-0.15, -0.1) is 0 Å². The lowest BCUT2D eigenvalue weighted by molar-refractivity contribution is 0.362. The lowest BCUT2D eigenvalue weighted by atomic mass is 9.82. The third kappa shape index (κ3) is 2.95. The molecule has 2 aromatic carbocycles. The summed E-state index contributed by atoms with van der Waals surface area (Å²) in [4.78, 5) is 2.43. The summed E-state index contributed by atoms with van der Waals surface area (Å²) in [5.74, 6) is 0.511. The molecule has 0 radical (unpaired) electrons. The molecular formula is C20H20ClN. The second-order valence-corrected chi connectivity index (χ2v) is 6.21. The summed E-state index contributed by atoms with van der Waals surface area (Å²) in [6.45, 7) is 6.91. The van der Waals surface area contributed by atoms with Gasteiger partial charge in [0.1, 0.15) is 0 Å². The zero-order valence-electron chi connectivity index (χ0n) is 12.7. The summed E-state index contributed by atoms with van der Waals surface area (Å²) in [7, 11) is 0. The molecule has 0 bridgehead atoms. The lowest BCUT2D eigenvalue weighted by Gasteiger charge is -2.49. The molecule has 1 aliphatic heterocycles. The Labute approximate surface area is 137 Å². The van der Waals surface area contributed by atoms with Crippen molar-refractivity contribution in [2.45, 2.75) is 13.0 Å². The zero-order chi connectivity index (χ0) is 15.5. The van der Waals surface area contributed by atoms with Gasteiger partial charge >= 0.3 is 0 Å². The molecule has 0 N–H and O–H groups in total. The molecule has 0 amide bonds. The molecule has 2 atom stereocenters. The van der Waals surface area contributed by atoms with Gasteiger partial charge in [-0.05, 0) is 36.8 Å². The Kier molecular flexibility index (Phi) is 4.35. The van der Waals surface area contributed by atoms with Crippen molar-refractivity contribution < 1.29 is 0 Å². The van der Waals surface area contributed by atoms with E-state index in [2.05, 4.69) is 60.9 Å². The van der Waals surface area contributed by atoms with Crippen LogP contribution in [0.2, 0.25) is 5.02 Å². The second kappa shape index (κ2) is 6.41. The Morgan fingerprint density at radius 3 is 2.41 bits per heavy atom. The van der Waals surface area contributed by atoms with Crippen LogP contribution in [0.25, 0.3) is 0 Å². The maximum absolute atomic E-state index is 6.00. The molecule has 22 heavy (non-hydrogen) atoms.